The van der Waals surface area contributed by atoms with E-state index in [-0.39, 0.29) is 28.6 Å². The van der Waals surface area contributed by atoms with E-state index in [4.69, 9.17) is 5.73 Å². The number of halogens is 4. The van der Waals surface area contributed by atoms with Crippen LogP contribution >= 0.6 is 15.9 Å². The molecule has 1 aromatic rings. The van der Waals surface area contributed by atoms with Crippen LogP contribution in [0.2, 0.25) is 0 Å². The summed E-state index contributed by atoms with van der Waals surface area (Å²) in [5.74, 6) is -0.657. The maximum Gasteiger partial charge on any atom is 0.573 e. The van der Waals surface area contributed by atoms with Crippen LogP contribution in [0.1, 0.15) is 26.2 Å². The lowest BCUT2D eigenvalue weighted by Crippen LogP contribution is -2.26. The SMILES string of the molecule is CCCC(N)CC(=O)Nc1ccc(OC(F)(F)F)c(Br)c1. The van der Waals surface area contributed by atoms with Crippen molar-refractivity contribution in [3.8, 4) is 5.75 Å². The van der Waals surface area contributed by atoms with Gasteiger partial charge in [0.15, 0.2) is 0 Å². The molecule has 0 fully saturated rings. The van der Waals surface area contributed by atoms with Gasteiger partial charge < -0.3 is 15.8 Å². The molecular formula is C13H16BrF3N2O2. The average Bonchev–Trinajstić information content (AvgIpc) is 2.31. The average molecular weight is 369 g/mol. The van der Waals surface area contributed by atoms with Crippen molar-refractivity contribution >= 4 is 27.5 Å². The smallest absolute Gasteiger partial charge is 0.405 e. The molecule has 4 nitrogen and oxygen atoms in total. The van der Waals surface area contributed by atoms with Gasteiger partial charge in [-0.25, -0.2) is 0 Å². The normalized spacial score (nSPS) is 12.9. The molecule has 1 unspecified atom stereocenters. The van der Waals surface area contributed by atoms with Crippen LogP contribution in [0.25, 0.3) is 0 Å². The molecule has 0 aliphatic carbocycles. The minimum atomic E-state index is -4.76. The van der Waals surface area contributed by atoms with Gasteiger partial charge >= 0.3 is 6.36 Å². The summed E-state index contributed by atoms with van der Waals surface area (Å²) in [5, 5.41) is 2.58. The van der Waals surface area contributed by atoms with Crippen LogP contribution < -0.4 is 15.8 Å². The first-order chi connectivity index (χ1) is 9.71. The third kappa shape index (κ3) is 6.81. The third-order valence-electron chi connectivity index (χ3n) is 2.55. The van der Waals surface area contributed by atoms with E-state index in [1.54, 1.807) is 0 Å². The fourth-order valence-corrected chi connectivity index (χ4v) is 2.17. The van der Waals surface area contributed by atoms with Gasteiger partial charge in [-0.3, -0.25) is 4.79 Å². The number of hydrogen-bond donors (Lipinski definition) is 2. The van der Waals surface area contributed by atoms with Crippen LogP contribution in [0.15, 0.2) is 22.7 Å². The molecule has 0 spiro atoms. The molecule has 21 heavy (non-hydrogen) atoms. The molecule has 0 saturated carbocycles. The van der Waals surface area contributed by atoms with E-state index in [2.05, 4.69) is 26.0 Å². The van der Waals surface area contributed by atoms with Gasteiger partial charge in [0.2, 0.25) is 5.91 Å². The summed E-state index contributed by atoms with van der Waals surface area (Å²) in [7, 11) is 0. The van der Waals surface area contributed by atoms with Crippen molar-refractivity contribution in [2.24, 2.45) is 5.73 Å². The van der Waals surface area contributed by atoms with E-state index < -0.39 is 6.36 Å². The molecule has 1 aromatic carbocycles. The summed E-state index contributed by atoms with van der Waals surface area (Å²) in [6, 6.07) is 3.56. The van der Waals surface area contributed by atoms with E-state index in [1.165, 1.54) is 12.1 Å². The molecule has 1 amide bonds. The van der Waals surface area contributed by atoms with Gasteiger partial charge in [0, 0.05) is 18.2 Å². The largest absolute Gasteiger partial charge is 0.573 e. The monoisotopic (exact) mass is 368 g/mol. The van der Waals surface area contributed by atoms with Crippen molar-refractivity contribution in [2.45, 2.75) is 38.6 Å². The number of ether oxygens (including phenoxy) is 1. The van der Waals surface area contributed by atoms with Gasteiger partial charge in [-0.2, -0.15) is 0 Å². The van der Waals surface area contributed by atoms with Crippen LogP contribution in [-0.4, -0.2) is 18.3 Å². The summed E-state index contributed by atoms with van der Waals surface area (Å²) in [4.78, 5) is 11.7. The van der Waals surface area contributed by atoms with Crippen molar-refractivity contribution in [3.63, 3.8) is 0 Å². The fourth-order valence-electron chi connectivity index (χ4n) is 1.71. The van der Waals surface area contributed by atoms with Gasteiger partial charge in [-0.1, -0.05) is 13.3 Å². The maximum absolute atomic E-state index is 12.1. The molecule has 0 aromatic heterocycles. The highest BCUT2D eigenvalue weighted by Gasteiger charge is 2.31. The molecule has 1 rings (SSSR count). The van der Waals surface area contributed by atoms with Crippen LogP contribution in [0.4, 0.5) is 18.9 Å². The number of anilines is 1. The molecular weight excluding hydrogens is 353 g/mol. The quantitative estimate of drug-likeness (QED) is 0.802. The molecule has 3 N–H and O–H groups in total. The van der Waals surface area contributed by atoms with Crippen molar-refractivity contribution in [2.75, 3.05) is 5.32 Å². The van der Waals surface area contributed by atoms with E-state index in [9.17, 15) is 18.0 Å². The van der Waals surface area contributed by atoms with Crippen LogP contribution in [0.3, 0.4) is 0 Å². The van der Waals surface area contributed by atoms with Crippen molar-refractivity contribution in [1.29, 1.82) is 0 Å². The molecule has 0 aliphatic rings. The first kappa shape index (κ1) is 17.8. The lowest BCUT2D eigenvalue weighted by molar-refractivity contribution is -0.274. The molecule has 118 valence electrons. The van der Waals surface area contributed by atoms with E-state index in [0.717, 1.165) is 18.9 Å². The van der Waals surface area contributed by atoms with Gasteiger partial charge in [-0.15, -0.1) is 13.2 Å². The predicted molar refractivity (Wildman–Crippen MR) is 77.0 cm³/mol. The molecule has 8 heteroatoms. The lowest BCUT2D eigenvalue weighted by Gasteiger charge is -2.13. The highest BCUT2D eigenvalue weighted by atomic mass is 79.9. The zero-order valence-electron chi connectivity index (χ0n) is 11.3. The Morgan fingerprint density at radius 1 is 1.48 bits per heavy atom. The van der Waals surface area contributed by atoms with Gasteiger partial charge in [0.1, 0.15) is 5.75 Å². The van der Waals surface area contributed by atoms with E-state index >= 15 is 0 Å². The number of carbonyl (C=O) groups excluding carboxylic acids is 1. The second-order valence-electron chi connectivity index (χ2n) is 4.49. The minimum absolute atomic E-state index is 0.0930. The summed E-state index contributed by atoms with van der Waals surface area (Å²) < 4.78 is 40.3. The summed E-state index contributed by atoms with van der Waals surface area (Å²) in [6.45, 7) is 1.97. The Morgan fingerprint density at radius 3 is 2.67 bits per heavy atom. The van der Waals surface area contributed by atoms with Gasteiger partial charge in [0.25, 0.3) is 0 Å². The lowest BCUT2D eigenvalue weighted by atomic mass is 10.1. The number of hydrogen-bond acceptors (Lipinski definition) is 3. The highest BCUT2D eigenvalue weighted by molar-refractivity contribution is 9.10. The second-order valence-corrected chi connectivity index (χ2v) is 5.35. The predicted octanol–water partition coefficient (Wildman–Crippen LogP) is 3.80. The van der Waals surface area contributed by atoms with Crippen molar-refractivity contribution in [1.82, 2.24) is 0 Å². The van der Waals surface area contributed by atoms with Gasteiger partial charge in [-0.05, 0) is 40.5 Å². The Bertz CT molecular complexity index is 495. The van der Waals surface area contributed by atoms with Crippen molar-refractivity contribution < 1.29 is 22.7 Å². The molecule has 0 saturated heterocycles. The number of rotatable bonds is 6. The number of nitrogens with two attached hydrogens (primary N) is 1. The Balaban J connectivity index is 2.65. The zero-order valence-corrected chi connectivity index (χ0v) is 12.9. The summed E-state index contributed by atoms with van der Waals surface area (Å²) >= 11 is 2.96. The van der Waals surface area contributed by atoms with E-state index in [0.29, 0.717) is 5.69 Å². The number of amides is 1. The Hall–Kier alpha value is -1.28. The van der Waals surface area contributed by atoms with Gasteiger partial charge in [0.05, 0.1) is 4.47 Å². The highest BCUT2D eigenvalue weighted by Crippen LogP contribution is 2.32. The second kappa shape index (κ2) is 7.65. The maximum atomic E-state index is 12.1. The van der Waals surface area contributed by atoms with Crippen LogP contribution in [-0.2, 0) is 4.79 Å². The van der Waals surface area contributed by atoms with Crippen LogP contribution in [0.5, 0.6) is 5.75 Å². The molecule has 0 aliphatic heterocycles. The number of benzene rings is 1. The fraction of sp³-hybridized carbons (Fsp3) is 0.462. The standard InChI is InChI=1S/C13H16BrF3N2O2/c1-2-3-8(18)6-12(20)19-9-4-5-11(10(14)7-9)21-13(15,16)17/h4-5,7-8H,2-3,6,18H2,1H3,(H,19,20). The Kier molecular flexibility index (Phi) is 6.47. The van der Waals surface area contributed by atoms with Crippen LogP contribution in [0, 0.1) is 0 Å². The topological polar surface area (TPSA) is 64.4 Å². The number of nitrogens with one attached hydrogen (secondary N) is 1. The number of alkyl halides is 3. The molecule has 0 radical (unpaired) electrons. The third-order valence-corrected chi connectivity index (χ3v) is 3.17. The summed E-state index contributed by atoms with van der Waals surface area (Å²) in [6.07, 6.45) is -2.99. The Morgan fingerprint density at radius 2 is 2.14 bits per heavy atom. The minimum Gasteiger partial charge on any atom is -0.405 e. The van der Waals surface area contributed by atoms with Crippen molar-refractivity contribution in [3.05, 3.63) is 22.7 Å². The molecule has 0 bridgehead atoms. The first-order valence-electron chi connectivity index (χ1n) is 6.32. The zero-order chi connectivity index (χ0) is 16.0. The molecule has 0 heterocycles. The summed E-state index contributed by atoms with van der Waals surface area (Å²) in [5.41, 5.74) is 6.11. The van der Waals surface area contributed by atoms with E-state index in [1.807, 2.05) is 6.92 Å². The Labute approximate surface area is 129 Å². The number of carbonyl (C=O) groups is 1. The first-order valence-corrected chi connectivity index (χ1v) is 7.11. The molecule has 1 atom stereocenters.